The molecule has 0 spiro atoms. The van der Waals surface area contributed by atoms with E-state index in [2.05, 4.69) is 10.3 Å². The Hall–Kier alpha value is -2.40. The average molecular weight is 326 g/mol. The molecule has 23 heavy (non-hydrogen) atoms. The first-order valence-electron chi connectivity index (χ1n) is 7.32. The molecular weight excluding hydrogens is 308 g/mol. The van der Waals surface area contributed by atoms with E-state index >= 15 is 0 Å². The predicted octanol–water partition coefficient (Wildman–Crippen LogP) is 4.48. The van der Waals surface area contributed by atoms with E-state index < -0.39 is 0 Å². The molecule has 0 saturated carbocycles. The number of nitrogens with one attached hydrogen (secondary N) is 1. The van der Waals surface area contributed by atoms with Gasteiger partial charge in [0, 0.05) is 5.56 Å². The Kier molecular flexibility index (Phi) is 4.05. The number of rotatable bonds is 3. The fourth-order valence-corrected chi connectivity index (χ4v) is 3.33. The van der Waals surface area contributed by atoms with Crippen LogP contribution in [0.2, 0.25) is 0 Å². The summed E-state index contributed by atoms with van der Waals surface area (Å²) < 4.78 is 6.37. The van der Waals surface area contributed by atoms with Gasteiger partial charge in [0.1, 0.15) is 11.3 Å². The van der Waals surface area contributed by atoms with Crippen LogP contribution >= 0.6 is 11.3 Å². The Morgan fingerprint density at radius 3 is 2.52 bits per heavy atom. The van der Waals surface area contributed by atoms with Crippen LogP contribution in [0.3, 0.4) is 0 Å². The second-order valence-electron chi connectivity index (χ2n) is 5.53. The first kappa shape index (κ1) is 15.5. The van der Waals surface area contributed by atoms with Gasteiger partial charge in [-0.05, 0) is 55.7 Å². The summed E-state index contributed by atoms with van der Waals surface area (Å²) in [5, 5.41) is 3.47. The number of ether oxygens (including phenoxy) is 1. The molecule has 4 nitrogen and oxygen atoms in total. The second-order valence-corrected chi connectivity index (χ2v) is 6.53. The Bertz CT molecular complexity index is 899. The highest BCUT2D eigenvalue weighted by molar-refractivity contribution is 7.22. The third-order valence-corrected chi connectivity index (χ3v) is 5.02. The summed E-state index contributed by atoms with van der Waals surface area (Å²) >= 11 is 1.46. The highest BCUT2D eigenvalue weighted by atomic mass is 32.1. The summed E-state index contributed by atoms with van der Waals surface area (Å²) in [6.45, 7) is 6.05. The van der Waals surface area contributed by atoms with Crippen LogP contribution in [0.25, 0.3) is 10.2 Å². The molecule has 1 heterocycles. The number of aromatic nitrogens is 1. The van der Waals surface area contributed by atoms with Gasteiger partial charge < -0.3 is 4.74 Å². The highest BCUT2D eigenvalue weighted by Crippen LogP contribution is 2.34. The zero-order valence-corrected chi connectivity index (χ0v) is 14.4. The largest absolute Gasteiger partial charge is 0.494 e. The van der Waals surface area contributed by atoms with Crippen LogP contribution < -0.4 is 10.1 Å². The number of benzene rings is 2. The van der Waals surface area contributed by atoms with Gasteiger partial charge in [-0.3, -0.25) is 10.1 Å². The van der Waals surface area contributed by atoms with Gasteiger partial charge in [-0.25, -0.2) is 4.98 Å². The number of amides is 1. The summed E-state index contributed by atoms with van der Waals surface area (Å²) in [6.07, 6.45) is 0. The third-order valence-electron chi connectivity index (χ3n) is 3.91. The van der Waals surface area contributed by atoms with E-state index in [9.17, 15) is 4.79 Å². The summed E-state index contributed by atoms with van der Waals surface area (Å²) in [6, 6.07) is 9.57. The van der Waals surface area contributed by atoms with Crippen LogP contribution in [0, 0.1) is 20.8 Å². The zero-order chi connectivity index (χ0) is 16.6. The van der Waals surface area contributed by atoms with Crippen LogP contribution in [0.1, 0.15) is 27.0 Å². The lowest BCUT2D eigenvalue weighted by Gasteiger charge is -2.04. The molecule has 0 unspecified atom stereocenters. The fraction of sp³-hybridized carbons (Fsp3) is 0.222. The number of nitrogens with zero attached hydrogens (tertiary/aromatic N) is 1. The van der Waals surface area contributed by atoms with Crippen molar-refractivity contribution in [3.05, 3.63) is 52.6 Å². The van der Waals surface area contributed by atoms with Gasteiger partial charge in [0.15, 0.2) is 5.13 Å². The summed E-state index contributed by atoms with van der Waals surface area (Å²) in [4.78, 5) is 16.9. The summed E-state index contributed by atoms with van der Waals surface area (Å²) in [7, 11) is 1.62. The lowest BCUT2D eigenvalue weighted by atomic mass is 10.1. The number of methoxy groups -OCH3 is 1. The molecule has 5 heteroatoms. The van der Waals surface area contributed by atoms with Crippen molar-refractivity contribution in [2.45, 2.75) is 20.8 Å². The number of thiazole rings is 1. The van der Waals surface area contributed by atoms with Gasteiger partial charge in [0.2, 0.25) is 0 Å². The van der Waals surface area contributed by atoms with Gasteiger partial charge in [-0.2, -0.15) is 0 Å². The van der Waals surface area contributed by atoms with Crippen molar-refractivity contribution >= 4 is 32.6 Å². The molecule has 0 atom stereocenters. The molecule has 0 aliphatic carbocycles. The van der Waals surface area contributed by atoms with E-state index in [-0.39, 0.29) is 5.91 Å². The van der Waals surface area contributed by atoms with Crippen LogP contribution in [-0.4, -0.2) is 18.0 Å². The van der Waals surface area contributed by atoms with Crippen LogP contribution in [-0.2, 0) is 0 Å². The van der Waals surface area contributed by atoms with Crippen LogP contribution in [0.5, 0.6) is 5.75 Å². The number of carbonyl (C=O) groups excluding carboxylic acids is 1. The Morgan fingerprint density at radius 2 is 1.83 bits per heavy atom. The molecule has 0 aliphatic rings. The lowest BCUT2D eigenvalue weighted by molar-refractivity contribution is 0.102. The third kappa shape index (κ3) is 2.92. The monoisotopic (exact) mass is 326 g/mol. The molecule has 1 N–H and O–H groups in total. The van der Waals surface area contributed by atoms with E-state index in [1.54, 1.807) is 7.11 Å². The molecule has 0 saturated heterocycles. The van der Waals surface area contributed by atoms with E-state index in [0.717, 1.165) is 21.3 Å². The van der Waals surface area contributed by atoms with Crippen molar-refractivity contribution in [1.82, 2.24) is 4.98 Å². The molecule has 1 amide bonds. The number of fused-ring (bicyclic) bond motifs is 1. The minimum atomic E-state index is -0.149. The molecule has 0 aliphatic heterocycles. The van der Waals surface area contributed by atoms with Gasteiger partial charge in [0.25, 0.3) is 5.91 Å². The van der Waals surface area contributed by atoms with Crippen molar-refractivity contribution in [2.75, 3.05) is 12.4 Å². The van der Waals surface area contributed by atoms with Gasteiger partial charge in [0.05, 0.1) is 11.8 Å². The molecule has 3 aromatic rings. The molecule has 3 rings (SSSR count). The van der Waals surface area contributed by atoms with Crippen molar-refractivity contribution in [2.24, 2.45) is 0 Å². The topological polar surface area (TPSA) is 51.2 Å². The zero-order valence-electron chi connectivity index (χ0n) is 13.6. The Labute approximate surface area is 139 Å². The molecule has 2 aromatic carbocycles. The van der Waals surface area contributed by atoms with E-state index in [4.69, 9.17) is 4.74 Å². The average Bonchev–Trinajstić information content (AvgIpc) is 2.95. The standard InChI is InChI=1S/C18H18N2O2S/c1-10-5-7-13(9-12(10)3)17(21)20-18-19-15-14(22-4)8-6-11(2)16(15)23-18/h5-9H,1-4H3,(H,19,20,21). The van der Waals surface area contributed by atoms with Crippen molar-refractivity contribution in [1.29, 1.82) is 0 Å². The maximum atomic E-state index is 12.4. The Balaban J connectivity index is 1.93. The summed E-state index contributed by atoms with van der Waals surface area (Å²) in [5.41, 5.74) is 4.80. The molecule has 1 aromatic heterocycles. The number of aryl methyl sites for hydroxylation is 3. The molecule has 0 bridgehead atoms. The number of anilines is 1. The lowest BCUT2D eigenvalue weighted by Crippen LogP contribution is -2.11. The maximum absolute atomic E-state index is 12.4. The van der Waals surface area contributed by atoms with Gasteiger partial charge in [-0.1, -0.05) is 23.5 Å². The SMILES string of the molecule is COc1ccc(C)c2sc(NC(=O)c3ccc(C)c(C)c3)nc12. The number of hydrogen-bond donors (Lipinski definition) is 1. The van der Waals surface area contributed by atoms with Crippen LogP contribution in [0.15, 0.2) is 30.3 Å². The van der Waals surface area contributed by atoms with Crippen molar-refractivity contribution in [3.8, 4) is 5.75 Å². The predicted molar refractivity (Wildman–Crippen MR) is 94.8 cm³/mol. The highest BCUT2D eigenvalue weighted by Gasteiger charge is 2.14. The van der Waals surface area contributed by atoms with Crippen LogP contribution in [0.4, 0.5) is 5.13 Å². The molecule has 0 radical (unpaired) electrons. The van der Waals surface area contributed by atoms with E-state index in [0.29, 0.717) is 16.4 Å². The minimum Gasteiger partial charge on any atom is -0.494 e. The van der Waals surface area contributed by atoms with E-state index in [1.807, 2.05) is 51.1 Å². The molecule has 0 fully saturated rings. The smallest absolute Gasteiger partial charge is 0.257 e. The molecule has 118 valence electrons. The molecular formula is C18H18N2O2S. The van der Waals surface area contributed by atoms with Gasteiger partial charge >= 0.3 is 0 Å². The van der Waals surface area contributed by atoms with Gasteiger partial charge in [-0.15, -0.1) is 0 Å². The Morgan fingerprint density at radius 1 is 1.09 bits per heavy atom. The number of hydrogen-bond acceptors (Lipinski definition) is 4. The second kappa shape index (κ2) is 6.01. The van der Waals surface area contributed by atoms with E-state index in [1.165, 1.54) is 16.9 Å². The normalized spacial score (nSPS) is 10.8. The maximum Gasteiger partial charge on any atom is 0.257 e. The van der Waals surface area contributed by atoms with Crippen molar-refractivity contribution in [3.63, 3.8) is 0 Å². The summed E-state index contributed by atoms with van der Waals surface area (Å²) in [5.74, 6) is 0.567. The van der Waals surface area contributed by atoms with Crippen molar-refractivity contribution < 1.29 is 9.53 Å². The first-order chi connectivity index (χ1) is 11.0. The fourth-order valence-electron chi connectivity index (χ4n) is 2.38. The minimum absolute atomic E-state index is 0.149. The first-order valence-corrected chi connectivity index (χ1v) is 8.14. The number of carbonyl (C=O) groups is 1. The quantitative estimate of drug-likeness (QED) is 0.772.